The van der Waals surface area contributed by atoms with Crippen molar-refractivity contribution in [1.29, 1.82) is 0 Å². The fourth-order valence-corrected chi connectivity index (χ4v) is 0.583. The van der Waals surface area contributed by atoms with Crippen LogP contribution in [0.15, 0.2) is 18.2 Å². The van der Waals surface area contributed by atoms with Gasteiger partial charge in [-0.25, -0.2) is 0 Å². The van der Waals surface area contributed by atoms with Crippen molar-refractivity contribution in [1.82, 2.24) is 0 Å². The molecule has 0 radical (unpaired) electrons. The molecule has 0 aliphatic heterocycles. The Balaban J connectivity index is 0.000000640. The van der Waals surface area contributed by atoms with Crippen molar-refractivity contribution in [3.63, 3.8) is 0 Å². The zero-order valence-electron chi connectivity index (χ0n) is 4.99. The van der Waals surface area contributed by atoms with Crippen LogP contribution in [0.1, 0.15) is 0 Å². The van der Waals surface area contributed by atoms with Crippen LogP contribution in [0.2, 0.25) is 5.02 Å². The van der Waals surface area contributed by atoms with Crippen molar-refractivity contribution < 1.29 is 23.3 Å². The van der Waals surface area contributed by atoms with E-state index >= 15 is 0 Å². The first kappa shape index (κ1) is 9.04. The third kappa shape index (κ3) is 2.91. The second-order valence-corrected chi connectivity index (χ2v) is 1.81. The first-order chi connectivity index (χ1) is 3.79. The van der Waals surface area contributed by atoms with Crippen molar-refractivity contribution in [2.75, 3.05) is 0 Å². The van der Waals surface area contributed by atoms with Crippen molar-refractivity contribution >= 4 is 11.6 Å². The van der Waals surface area contributed by atoms with Crippen LogP contribution in [0.5, 0.6) is 0 Å². The molecule has 1 aromatic carbocycles. The van der Waals surface area contributed by atoms with Gasteiger partial charge in [-0.05, 0) is 0 Å². The molecule has 0 bridgehead atoms. The van der Waals surface area contributed by atoms with Crippen LogP contribution in [0, 0.1) is 11.9 Å². The van der Waals surface area contributed by atoms with Gasteiger partial charge in [-0.1, -0.05) is 5.02 Å². The fraction of sp³-hybridized carbons (Fsp3) is 0. The Morgan fingerprint density at radius 1 is 1.44 bits per heavy atom. The molecule has 3 heteroatoms. The molecule has 0 aliphatic carbocycles. The van der Waals surface area contributed by atoms with Gasteiger partial charge >= 0.3 is 18.9 Å². The van der Waals surface area contributed by atoms with Gasteiger partial charge in [0.05, 0.1) is 0 Å². The largest absolute Gasteiger partial charge is 1.00 e. The summed E-state index contributed by atoms with van der Waals surface area (Å²) >= 11 is 5.37. The van der Waals surface area contributed by atoms with Crippen LogP contribution in [0.4, 0.5) is 4.39 Å². The Bertz CT molecular complexity index is 173. The number of halogens is 2. The molecule has 9 heavy (non-hydrogen) atoms. The first-order valence-corrected chi connectivity index (χ1v) is 2.49. The number of benzene rings is 1. The monoisotopic (exact) mass is 136 g/mol. The van der Waals surface area contributed by atoms with Gasteiger partial charge in [0.2, 0.25) is 0 Å². The summed E-state index contributed by atoms with van der Waals surface area (Å²) in [7, 11) is 0. The zero-order chi connectivity index (χ0) is 5.98. The molecule has 0 fully saturated rings. The summed E-state index contributed by atoms with van der Waals surface area (Å²) < 4.78 is 12.1. The summed E-state index contributed by atoms with van der Waals surface area (Å²) in [5.41, 5.74) is 0. The number of rotatable bonds is 0. The van der Waals surface area contributed by atoms with E-state index < -0.39 is 0 Å². The average Bonchev–Trinajstić information content (AvgIpc) is 1.64. The molecule has 0 aromatic heterocycles. The summed E-state index contributed by atoms with van der Waals surface area (Å²) in [6.45, 7) is 0. The van der Waals surface area contributed by atoms with Crippen LogP contribution < -0.4 is 18.9 Å². The topological polar surface area (TPSA) is 0 Å². The van der Waals surface area contributed by atoms with E-state index in [4.69, 9.17) is 11.6 Å². The van der Waals surface area contributed by atoms with Crippen LogP contribution in [-0.4, -0.2) is 0 Å². The fourth-order valence-electron chi connectivity index (χ4n) is 0.416. The Morgan fingerprint density at radius 2 is 2.11 bits per heavy atom. The van der Waals surface area contributed by atoms with E-state index in [1.807, 2.05) is 0 Å². The molecule has 1 rings (SSSR count). The summed E-state index contributed by atoms with van der Waals surface area (Å²) in [5, 5.41) is 0.380. The quantitative estimate of drug-likeness (QED) is 0.326. The number of hydrogen-bond donors (Lipinski definition) is 0. The molecule has 0 atom stereocenters. The van der Waals surface area contributed by atoms with Crippen molar-refractivity contribution in [3.05, 3.63) is 35.1 Å². The normalized spacial score (nSPS) is 8.22. The minimum Gasteiger partial charge on any atom is -0.284 e. The van der Waals surface area contributed by atoms with E-state index in [1.165, 1.54) is 18.2 Å². The SMILES string of the molecule is Fc1c[c-]cc(Cl)c1.[Li+]. The summed E-state index contributed by atoms with van der Waals surface area (Å²) in [6, 6.07) is 6.49. The molecule has 0 amide bonds. The predicted octanol–water partition coefficient (Wildman–Crippen LogP) is -0.717. The Morgan fingerprint density at radius 3 is 2.44 bits per heavy atom. The van der Waals surface area contributed by atoms with Crippen LogP contribution >= 0.6 is 11.6 Å². The van der Waals surface area contributed by atoms with Crippen molar-refractivity contribution in [3.8, 4) is 0 Å². The second kappa shape index (κ2) is 3.95. The molecule has 0 N–H and O–H groups in total. The standard InChI is InChI=1S/C6H3ClF.Li/c7-5-2-1-3-6(8)4-5;/h2-4H;/q-1;+1. The van der Waals surface area contributed by atoms with E-state index in [0.717, 1.165) is 0 Å². The van der Waals surface area contributed by atoms with Crippen molar-refractivity contribution in [2.45, 2.75) is 0 Å². The molecule has 0 saturated heterocycles. The molecule has 0 spiro atoms. The molecule has 0 saturated carbocycles. The Kier molecular flexibility index (Phi) is 3.97. The molecular formula is C6H3ClFLi. The van der Waals surface area contributed by atoms with Gasteiger partial charge in [-0.3, -0.25) is 4.39 Å². The smallest absolute Gasteiger partial charge is 0.284 e. The Hall–Kier alpha value is 0.0374. The predicted molar refractivity (Wildman–Crippen MR) is 30.2 cm³/mol. The maximum atomic E-state index is 12.1. The van der Waals surface area contributed by atoms with Gasteiger partial charge in [0, 0.05) is 5.82 Å². The van der Waals surface area contributed by atoms with E-state index in [1.54, 1.807) is 0 Å². The third-order valence-corrected chi connectivity index (χ3v) is 0.936. The molecule has 0 unspecified atom stereocenters. The van der Waals surface area contributed by atoms with Crippen LogP contribution in [-0.2, 0) is 0 Å². The van der Waals surface area contributed by atoms with Crippen LogP contribution in [0.25, 0.3) is 0 Å². The minimum absolute atomic E-state index is 0. The van der Waals surface area contributed by atoms with E-state index in [-0.39, 0.29) is 24.7 Å². The molecule has 1 aromatic rings. The molecule has 42 valence electrons. The van der Waals surface area contributed by atoms with E-state index in [0.29, 0.717) is 5.02 Å². The van der Waals surface area contributed by atoms with Gasteiger partial charge in [0.15, 0.2) is 0 Å². The molecule has 0 aliphatic rings. The van der Waals surface area contributed by atoms with Gasteiger partial charge in [0.1, 0.15) is 0 Å². The second-order valence-electron chi connectivity index (χ2n) is 1.37. The van der Waals surface area contributed by atoms with Gasteiger partial charge in [-0.2, -0.15) is 23.7 Å². The summed E-state index contributed by atoms with van der Waals surface area (Å²) in [5.74, 6) is -0.350. The third-order valence-electron chi connectivity index (χ3n) is 0.718. The molecular weight excluding hydrogens is 133 g/mol. The van der Waals surface area contributed by atoms with Gasteiger partial charge in [-0.15, -0.1) is 12.1 Å². The summed E-state index contributed by atoms with van der Waals surface area (Å²) in [4.78, 5) is 0. The number of hydrogen-bond acceptors (Lipinski definition) is 0. The zero-order valence-corrected chi connectivity index (χ0v) is 5.74. The average molecular weight is 136 g/mol. The maximum absolute atomic E-state index is 12.1. The molecule has 0 nitrogen and oxygen atoms in total. The maximum Gasteiger partial charge on any atom is 1.00 e. The van der Waals surface area contributed by atoms with Gasteiger partial charge in [0.25, 0.3) is 0 Å². The van der Waals surface area contributed by atoms with E-state index in [9.17, 15) is 4.39 Å². The summed E-state index contributed by atoms with van der Waals surface area (Å²) in [6.07, 6.45) is 0. The molecule has 0 heterocycles. The first-order valence-electron chi connectivity index (χ1n) is 2.11. The van der Waals surface area contributed by atoms with E-state index in [2.05, 4.69) is 6.07 Å². The Labute approximate surface area is 70.2 Å². The van der Waals surface area contributed by atoms with Gasteiger partial charge < -0.3 is 0 Å². The van der Waals surface area contributed by atoms with Crippen LogP contribution in [0.3, 0.4) is 0 Å². The van der Waals surface area contributed by atoms with Crippen molar-refractivity contribution in [2.24, 2.45) is 0 Å². The minimum atomic E-state index is -0.350.